The maximum atomic E-state index is 12.2. The quantitative estimate of drug-likeness (QED) is 0.813. The molecule has 118 valence electrons. The Hall–Kier alpha value is -0.870. The van der Waals surface area contributed by atoms with Crippen molar-refractivity contribution in [3.63, 3.8) is 0 Å². The van der Waals surface area contributed by atoms with Gasteiger partial charge in [-0.2, -0.15) is 0 Å². The zero-order chi connectivity index (χ0) is 15.1. The van der Waals surface area contributed by atoms with Crippen LogP contribution in [0.25, 0.3) is 0 Å². The number of benzene rings is 1. The van der Waals surface area contributed by atoms with Gasteiger partial charge in [0.2, 0.25) is 10.0 Å². The van der Waals surface area contributed by atoms with Crippen LogP contribution in [-0.4, -0.2) is 15.0 Å². The zero-order valence-electron chi connectivity index (χ0n) is 13.0. The summed E-state index contributed by atoms with van der Waals surface area (Å²) in [5.74, 6) is 0.790. The molecule has 1 saturated carbocycles. The number of sulfonamides is 1. The van der Waals surface area contributed by atoms with Crippen molar-refractivity contribution in [2.75, 3.05) is 6.54 Å². The van der Waals surface area contributed by atoms with E-state index in [1.807, 2.05) is 31.2 Å². The average molecular weight is 309 g/mol. The number of aryl methyl sites for hydroxylation is 1. The minimum Gasteiger partial charge on any atom is -0.215 e. The highest BCUT2D eigenvalue weighted by Crippen LogP contribution is 2.25. The van der Waals surface area contributed by atoms with Gasteiger partial charge in [0.1, 0.15) is 0 Å². The van der Waals surface area contributed by atoms with Crippen molar-refractivity contribution in [1.29, 1.82) is 0 Å². The standard InChI is InChI=1S/C17H27NO2S/c1-15-8-6-7-11-17(15)14-21(19,20)18-13-12-16-9-4-2-3-5-10-16/h6-8,11,16,18H,2-5,9-10,12-14H2,1H3. The van der Waals surface area contributed by atoms with Crippen molar-refractivity contribution in [2.45, 2.75) is 57.6 Å². The number of nitrogens with one attached hydrogen (secondary N) is 1. The summed E-state index contributed by atoms with van der Waals surface area (Å²) >= 11 is 0. The second-order valence-electron chi connectivity index (χ2n) is 6.23. The molecule has 0 bridgehead atoms. The molecule has 1 aliphatic carbocycles. The fraction of sp³-hybridized carbons (Fsp3) is 0.647. The van der Waals surface area contributed by atoms with Crippen LogP contribution in [0.15, 0.2) is 24.3 Å². The van der Waals surface area contributed by atoms with Gasteiger partial charge in [-0.15, -0.1) is 0 Å². The molecule has 0 amide bonds. The highest BCUT2D eigenvalue weighted by atomic mass is 32.2. The molecule has 1 N–H and O–H groups in total. The fourth-order valence-corrected chi connectivity index (χ4v) is 4.36. The van der Waals surface area contributed by atoms with Crippen LogP contribution in [0.1, 0.15) is 56.1 Å². The van der Waals surface area contributed by atoms with Crippen LogP contribution in [0.4, 0.5) is 0 Å². The Morgan fingerprint density at radius 2 is 1.76 bits per heavy atom. The van der Waals surface area contributed by atoms with E-state index < -0.39 is 10.0 Å². The Morgan fingerprint density at radius 3 is 2.43 bits per heavy atom. The lowest BCUT2D eigenvalue weighted by molar-refractivity contribution is 0.427. The smallest absolute Gasteiger partial charge is 0.215 e. The molecule has 1 aromatic rings. The largest absolute Gasteiger partial charge is 0.215 e. The maximum Gasteiger partial charge on any atom is 0.215 e. The zero-order valence-corrected chi connectivity index (χ0v) is 13.8. The van der Waals surface area contributed by atoms with Crippen molar-refractivity contribution in [3.05, 3.63) is 35.4 Å². The molecule has 2 rings (SSSR count). The predicted octanol–water partition coefficient (Wildman–Crippen LogP) is 3.77. The summed E-state index contributed by atoms with van der Waals surface area (Å²) in [5.41, 5.74) is 1.92. The highest BCUT2D eigenvalue weighted by Gasteiger charge is 2.15. The van der Waals surface area contributed by atoms with Gasteiger partial charge in [-0.05, 0) is 30.4 Å². The summed E-state index contributed by atoms with van der Waals surface area (Å²) in [7, 11) is -3.22. The SMILES string of the molecule is Cc1ccccc1CS(=O)(=O)NCCC1CCCCCC1. The molecule has 0 saturated heterocycles. The average Bonchev–Trinajstić information content (AvgIpc) is 2.70. The first kappa shape index (κ1) is 16.5. The number of rotatable bonds is 6. The third-order valence-corrected chi connectivity index (χ3v) is 5.79. The summed E-state index contributed by atoms with van der Waals surface area (Å²) in [6, 6.07) is 7.67. The molecule has 1 fully saturated rings. The van der Waals surface area contributed by atoms with Crippen LogP contribution in [0.3, 0.4) is 0 Å². The minimum atomic E-state index is -3.22. The van der Waals surface area contributed by atoms with Gasteiger partial charge >= 0.3 is 0 Å². The topological polar surface area (TPSA) is 46.2 Å². The summed E-state index contributed by atoms with van der Waals surface area (Å²) in [6.07, 6.45) is 8.80. The van der Waals surface area contributed by atoms with Crippen molar-refractivity contribution in [2.24, 2.45) is 5.92 Å². The van der Waals surface area contributed by atoms with E-state index in [4.69, 9.17) is 0 Å². The van der Waals surface area contributed by atoms with E-state index in [0.29, 0.717) is 12.5 Å². The predicted molar refractivity (Wildman–Crippen MR) is 87.6 cm³/mol. The van der Waals surface area contributed by atoms with Crippen molar-refractivity contribution in [3.8, 4) is 0 Å². The highest BCUT2D eigenvalue weighted by molar-refractivity contribution is 7.88. The summed E-state index contributed by atoms with van der Waals surface area (Å²) < 4.78 is 27.1. The lowest BCUT2D eigenvalue weighted by Crippen LogP contribution is -2.27. The van der Waals surface area contributed by atoms with E-state index >= 15 is 0 Å². The van der Waals surface area contributed by atoms with Crippen LogP contribution in [-0.2, 0) is 15.8 Å². The van der Waals surface area contributed by atoms with Gasteiger partial charge in [0.05, 0.1) is 5.75 Å². The Kier molecular flexibility index (Phi) is 6.24. The molecule has 0 spiro atoms. The molecule has 0 aromatic heterocycles. The van der Waals surface area contributed by atoms with Crippen molar-refractivity contribution < 1.29 is 8.42 Å². The van der Waals surface area contributed by atoms with Gasteiger partial charge in [-0.25, -0.2) is 13.1 Å². The van der Waals surface area contributed by atoms with E-state index in [-0.39, 0.29) is 5.75 Å². The molecule has 1 aliphatic rings. The first-order valence-corrected chi connectivity index (χ1v) is 9.74. The second kappa shape index (κ2) is 7.95. The normalized spacial score (nSPS) is 17.6. The maximum absolute atomic E-state index is 12.2. The van der Waals surface area contributed by atoms with Crippen LogP contribution < -0.4 is 4.72 Å². The molecule has 4 heteroatoms. The molecule has 21 heavy (non-hydrogen) atoms. The fourth-order valence-electron chi connectivity index (χ4n) is 3.10. The van der Waals surface area contributed by atoms with E-state index in [0.717, 1.165) is 17.5 Å². The molecular weight excluding hydrogens is 282 g/mol. The minimum absolute atomic E-state index is 0.0876. The Morgan fingerprint density at radius 1 is 1.10 bits per heavy atom. The van der Waals surface area contributed by atoms with Gasteiger partial charge in [0.25, 0.3) is 0 Å². The van der Waals surface area contributed by atoms with E-state index in [1.54, 1.807) is 0 Å². The molecule has 0 radical (unpaired) electrons. The molecule has 0 atom stereocenters. The van der Waals surface area contributed by atoms with Gasteiger partial charge < -0.3 is 0 Å². The summed E-state index contributed by atoms with van der Waals surface area (Å²) in [6.45, 7) is 2.54. The lowest BCUT2D eigenvalue weighted by atomic mass is 9.97. The van der Waals surface area contributed by atoms with Gasteiger partial charge in [0, 0.05) is 6.54 Å². The van der Waals surface area contributed by atoms with Crippen LogP contribution in [0.2, 0.25) is 0 Å². The first-order chi connectivity index (χ1) is 10.1. The van der Waals surface area contributed by atoms with E-state index in [2.05, 4.69) is 4.72 Å². The molecule has 0 heterocycles. The third kappa shape index (κ3) is 5.79. The number of hydrogen-bond acceptors (Lipinski definition) is 2. The van der Waals surface area contributed by atoms with Gasteiger partial charge in [0.15, 0.2) is 0 Å². The van der Waals surface area contributed by atoms with Crippen molar-refractivity contribution in [1.82, 2.24) is 4.72 Å². The Labute approximate surface area is 129 Å². The van der Waals surface area contributed by atoms with E-state index in [1.165, 1.54) is 38.5 Å². The molecule has 1 aromatic carbocycles. The first-order valence-electron chi connectivity index (χ1n) is 8.09. The molecule has 0 aliphatic heterocycles. The summed E-state index contributed by atoms with van der Waals surface area (Å²) in [4.78, 5) is 0. The van der Waals surface area contributed by atoms with Crippen LogP contribution in [0.5, 0.6) is 0 Å². The van der Waals surface area contributed by atoms with E-state index in [9.17, 15) is 8.42 Å². The Bertz CT molecular complexity index is 531. The van der Waals surface area contributed by atoms with Crippen LogP contribution >= 0.6 is 0 Å². The number of hydrogen-bond donors (Lipinski definition) is 1. The molecule has 3 nitrogen and oxygen atoms in total. The second-order valence-corrected chi connectivity index (χ2v) is 8.03. The third-order valence-electron chi connectivity index (χ3n) is 4.46. The Balaban J connectivity index is 1.80. The van der Waals surface area contributed by atoms with Crippen LogP contribution in [0, 0.1) is 12.8 Å². The lowest BCUT2D eigenvalue weighted by Gasteiger charge is -2.14. The van der Waals surface area contributed by atoms with Gasteiger partial charge in [-0.1, -0.05) is 62.8 Å². The molecular formula is C17H27NO2S. The monoisotopic (exact) mass is 309 g/mol. The van der Waals surface area contributed by atoms with Gasteiger partial charge in [-0.3, -0.25) is 0 Å². The summed E-state index contributed by atoms with van der Waals surface area (Å²) in [5, 5.41) is 0. The molecule has 0 unspecified atom stereocenters. The van der Waals surface area contributed by atoms with Crippen molar-refractivity contribution >= 4 is 10.0 Å².